The second-order valence-electron chi connectivity index (χ2n) is 8.32. The van der Waals surface area contributed by atoms with Crippen molar-refractivity contribution in [1.82, 2.24) is 20.2 Å². The molecule has 7 heteroatoms. The Balaban J connectivity index is 1.51. The number of amidine groups is 1. The smallest absolute Gasteiger partial charge is 0.273 e. The zero-order chi connectivity index (χ0) is 21.7. The van der Waals surface area contributed by atoms with Crippen molar-refractivity contribution in [3.8, 4) is 0 Å². The monoisotopic (exact) mass is 418 g/mol. The van der Waals surface area contributed by atoms with Crippen LogP contribution in [0.5, 0.6) is 0 Å². The fourth-order valence-corrected chi connectivity index (χ4v) is 4.63. The Hall–Kier alpha value is -3.22. The van der Waals surface area contributed by atoms with Crippen LogP contribution in [0.2, 0.25) is 0 Å². The SMILES string of the molecule is CCC1CC=CN=C1N1CCC(CNC(=O)c2nccnc2N)(c2ccccc2)CC1. The lowest BCUT2D eigenvalue weighted by molar-refractivity contribution is 0.0927. The third kappa shape index (κ3) is 4.45. The number of anilines is 1. The predicted octanol–water partition coefficient (Wildman–Crippen LogP) is 3.16. The average molecular weight is 419 g/mol. The molecule has 2 aliphatic heterocycles. The normalized spacial score (nSPS) is 20.2. The van der Waals surface area contributed by atoms with E-state index in [0.717, 1.165) is 38.8 Å². The number of nitrogens with zero attached hydrogens (tertiary/aromatic N) is 4. The van der Waals surface area contributed by atoms with Crippen LogP contribution in [0.1, 0.15) is 48.7 Å². The molecule has 0 bridgehead atoms. The van der Waals surface area contributed by atoms with Crippen LogP contribution in [0.4, 0.5) is 5.82 Å². The Morgan fingerprint density at radius 2 is 1.94 bits per heavy atom. The number of carbonyl (C=O) groups excluding carboxylic acids is 1. The van der Waals surface area contributed by atoms with Crippen LogP contribution < -0.4 is 11.1 Å². The first-order valence-corrected chi connectivity index (χ1v) is 11.0. The van der Waals surface area contributed by atoms with Gasteiger partial charge in [-0.1, -0.05) is 43.3 Å². The number of carbonyl (C=O) groups is 1. The van der Waals surface area contributed by atoms with Crippen LogP contribution in [0.25, 0.3) is 0 Å². The van der Waals surface area contributed by atoms with Gasteiger partial charge in [-0.2, -0.15) is 0 Å². The standard InChI is InChI=1S/C24H30N6O/c1-2-18-7-6-12-28-22(18)30-15-10-24(11-16-30,19-8-4-3-5-9-19)17-29-23(31)20-21(25)27-14-13-26-20/h3-6,8-9,12-14,18H,2,7,10-11,15-17H2,1H3,(H2,25,27)(H,29,31). The van der Waals surface area contributed by atoms with E-state index in [1.165, 1.54) is 23.8 Å². The Bertz CT molecular complexity index is 963. The lowest BCUT2D eigenvalue weighted by Crippen LogP contribution is -2.51. The molecule has 1 aromatic heterocycles. The van der Waals surface area contributed by atoms with Gasteiger partial charge < -0.3 is 16.0 Å². The van der Waals surface area contributed by atoms with Crippen LogP contribution in [0, 0.1) is 5.92 Å². The molecule has 31 heavy (non-hydrogen) atoms. The number of nitrogens with one attached hydrogen (secondary N) is 1. The highest BCUT2D eigenvalue weighted by atomic mass is 16.1. The zero-order valence-electron chi connectivity index (χ0n) is 18.0. The van der Waals surface area contributed by atoms with Gasteiger partial charge in [-0.15, -0.1) is 0 Å². The molecule has 0 spiro atoms. The number of likely N-dealkylation sites (tertiary alicyclic amines) is 1. The number of rotatable bonds is 5. The topological polar surface area (TPSA) is 96.5 Å². The molecule has 7 nitrogen and oxygen atoms in total. The molecule has 0 saturated carbocycles. The molecule has 1 unspecified atom stereocenters. The summed E-state index contributed by atoms with van der Waals surface area (Å²) in [4.78, 5) is 28.0. The van der Waals surface area contributed by atoms with Crippen molar-refractivity contribution >= 4 is 17.6 Å². The average Bonchev–Trinajstić information content (AvgIpc) is 2.84. The highest BCUT2D eigenvalue weighted by Gasteiger charge is 2.38. The summed E-state index contributed by atoms with van der Waals surface area (Å²) >= 11 is 0. The predicted molar refractivity (Wildman–Crippen MR) is 123 cm³/mol. The number of amides is 1. The first-order valence-electron chi connectivity index (χ1n) is 11.0. The third-order valence-electron chi connectivity index (χ3n) is 6.55. The summed E-state index contributed by atoms with van der Waals surface area (Å²) in [6.07, 6.45) is 11.1. The summed E-state index contributed by atoms with van der Waals surface area (Å²) < 4.78 is 0. The van der Waals surface area contributed by atoms with Crippen molar-refractivity contribution in [3.63, 3.8) is 0 Å². The fourth-order valence-electron chi connectivity index (χ4n) is 4.63. The molecule has 3 N–H and O–H groups in total. The minimum Gasteiger partial charge on any atom is -0.382 e. The minimum atomic E-state index is -0.281. The molecular formula is C24H30N6O. The number of nitrogen functional groups attached to an aromatic ring is 1. The van der Waals surface area contributed by atoms with Gasteiger partial charge in [0.05, 0.1) is 0 Å². The van der Waals surface area contributed by atoms with Crippen molar-refractivity contribution in [2.45, 2.75) is 38.0 Å². The van der Waals surface area contributed by atoms with Gasteiger partial charge in [0.1, 0.15) is 5.84 Å². The molecular weight excluding hydrogens is 388 g/mol. The zero-order valence-corrected chi connectivity index (χ0v) is 18.0. The number of aliphatic imine (C=N–C) groups is 1. The second kappa shape index (κ2) is 9.29. The van der Waals surface area contributed by atoms with Crippen molar-refractivity contribution in [1.29, 1.82) is 0 Å². The Morgan fingerprint density at radius 3 is 2.65 bits per heavy atom. The van der Waals surface area contributed by atoms with Gasteiger partial charge in [0.15, 0.2) is 11.5 Å². The van der Waals surface area contributed by atoms with Gasteiger partial charge in [-0.05, 0) is 31.2 Å². The molecule has 1 aromatic carbocycles. The van der Waals surface area contributed by atoms with Gasteiger partial charge in [0, 0.05) is 49.6 Å². The maximum Gasteiger partial charge on any atom is 0.273 e. The minimum absolute atomic E-state index is 0.142. The van der Waals surface area contributed by atoms with Crippen LogP contribution in [-0.4, -0.2) is 46.2 Å². The summed E-state index contributed by atoms with van der Waals surface area (Å²) in [5.41, 5.74) is 7.13. The van der Waals surface area contributed by atoms with Gasteiger partial charge >= 0.3 is 0 Å². The van der Waals surface area contributed by atoms with Crippen molar-refractivity contribution in [2.24, 2.45) is 10.9 Å². The van der Waals surface area contributed by atoms with Gasteiger partial charge in [-0.3, -0.25) is 4.79 Å². The first-order chi connectivity index (χ1) is 15.1. The van der Waals surface area contributed by atoms with E-state index in [1.807, 2.05) is 12.3 Å². The quantitative estimate of drug-likeness (QED) is 0.777. The maximum absolute atomic E-state index is 12.7. The highest BCUT2D eigenvalue weighted by molar-refractivity contribution is 5.96. The Morgan fingerprint density at radius 1 is 1.19 bits per heavy atom. The molecule has 3 heterocycles. The molecule has 4 rings (SSSR count). The largest absolute Gasteiger partial charge is 0.382 e. The van der Waals surface area contributed by atoms with E-state index in [2.05, 4.69) is 57.4 Å². The summed E-state index contributed by atoms with van der Waals surface area (Å²) in [5.74, 6) is 1.57. The van der Waals surface area contributed by atoms with E-state index < -0.39 is 0 Å². The summed E-state index contributed by atoms with van der Waals surface area (Å²) in [7, 11) is 0. The van der Waals surface area contributed by atoms with Crippen molar-refractivity contribution in [2.75, 3.05) is 25.4 Å². The number of benzene rings is 1. The van der Waals surface area contributed by atoms with Crippen LogP contribution >= 0.6 is 0 Å². The van der Waals surface area contributed by atoms with Crippen LogP contribution in [-0.2, 0) is 5.41 Å². The third-order valence-corrected chi connectivity index (χ3v) is 6.55. The summed E-state index contributed by atoms with van der Waals surface area (Å²) in [6.45, 7) is 4.59. The summed E-state index contributed by atoms with van der Waals surface area (Å²) in [6, 6.07) is 10.5. The highest BCUT2D eigenvalue weighted by Crippen LogP contribution is 2.36. The lowest BCUT2D eigenvalue weighted by Gasteiger charge is -2.44. The first kappa shape index (κ1) is 21.0. The van der Waals surface area contributed by atoms with Crippen LogP contribution in [0.15, 0.2) is 60.0 Å². The number of piperidine rings is 1. The molecule has 1 fully saturated rings. The number of hydrogen-bond donors (Lipinski definition) is 2. The summed E-state index contributed by atoms with van der Waals surface area (Å²) in [5, 5.41) is 3.08. The van der Waals surface area contributed by atoms with Crippen LogP contribution in [0.3, 0.4) is 0 Å². The Kier molecular flexibility index (Phi) is 6.30. The van der Waals surface area contributed by atoms with Crippen molar-refractivity contribution < 1.29 is 4.79 Å². The molecule has 1 atom stereocenters. The molecule has 2 aliphatic rings. The van der Waals surface area contributed by atoms with Crippen molar-refractivity contribution in [3.05, 3.63) is 66.3 Å². The number of hydrogen-bond acceptors (Lipinski definition) is 6. The molecule has 1 saturated heterocycles. The second-order valence-corrected chi connectivity index (χ2v) is 8.32. The maximum atomic E-state index is 12.7. The van der Waals surface area contributed by atoms with E-state index in [9.17, 15) is 4.79 Å². The fraction of sp³-hybridized carbons (Fsp3) is 0.417. The van der Waals surface area contributed by atoms with E-state index in [4.69, 9.17) is 10.7 Å². The van der Waals surface area contributed by atoms with Gasteiger partial charge in [0.2, 0.25) is 0 Å². The molecule has 0 radical (unpaired) electrons. The number of nitrogens with two attached hydrogens (primary N) is 1. The number of aromatic nitrogens is 2. The van der Waals surface area contributed by atoms with E-state index in [-0.39, 0.29) is 22.8 Å². The lowest BCUT2D eigenvalue weighted by atomic mass is 9.72. The van der Waals surface area contributed by atoms with Gasteiger partial charge in [0.25, 0.3) is 5.91 Å². The van der Waals surface area contributed by atoms with Gasteiger partial charge in [-0.25, -0.2) is 15.0 Å². The van der Waals surface area contributed by atoms with E-state index >= 15 is 0 Å². The Labute approximate surface area is 183 Å². The van der Waals surface area contributed by atoms with E-state index in [0.29, 0.717) is 12.5 Å². The molecule has 1 amide bonds. The number of allylic oxidation sites excluding steroid dienone is 1. The van der Waals surface area contributed by atoms with E-state index in [1.54, 1.807) is 0 Å². The molecule has 162 valence electrons. The molecule has 2 aromatic rings. The molecule has 0 aliphatic carbocycles.